The van der Waals surface area contributed by atoms with Crippen molar-refractivity contribution < 1.29 is 19.7 Å². The maximum Gasteiger partial charge on any atom is 0.251 e. The van der Waals surface area contributed by atoms with Crippen molar-refractivity contribution in [2.24, 2.45) is 17.3 Å². The molecule has 1 aromatic heterocycles. The maximum atomic E-state index is 13.6. The zero-order valence-corrected chi connectivity index (χ0v) is 21.8. The molecule has 3 N–H and O–H groups in total. The molecule has 1 amide bonds. The first-order valence-electron chi connectivity index (χ1n) is 13.1. The predicted octanol–water partition coefficient (Wildman–Crippen LogP) is 3.14. The fraction of sp³-hybridized carbons (Fsp3) is 0.586. The monoisotopic (exact) mass is 491 g/mol. The lowest BCUT2D eigenvalue weighted by Crippen LogP contribution is -2.62. The number of nitrogens with one attached hydrogen (secondary N) is 1. The third kappa shape index (κ3) is 3.00. The first-order valence-corrected chi connectivity index (χ1v) is 13.1. The molecule has 1 saturated carbocycles. The second kappa shape index (κ2) is 7.84. The summed E-state index contributed by atoms with van der Waals surface area (Å²) in [5, 5.41) is 25.1. The van der Waals surface area contributed by atoms with Crippen molar-refractivity contribution in [3.63, 3.8) is 0 Å². The molecule has 1 aromatic rings. The molecule has 192 valence electrons. The summed E-state index contributed by atoms with van der Waals surface area (Å²) in [5.41, 5.74) is 2.82. The highest BCUT2D eigenvalue weighted by molar-refractivity contribution is 6.05. The SMILES string of the molecule is Cc1ncccc1NC(=O)C1=CCC2C34CCC5(CC(N(C)C)C(O)C(O)C5=CC3=CC(C)C12C)O4. The molecule has 2 bridgehead atoms. The quantitative estimate of drug-likeness (QED) is 0.601. The van der Waals surface area contributed by atoms with Crippen LogP contribution in [-0.4, -0.2) is 69.6 Å². The number of fused-ring (bicyclic) bond motifs is 1. The number of allylic oxidation sites excluding steroid dienone is 2. The van der Waals surface area contributed by atoms with Gasteiger partial charge in [-0.05, 0) is 75.9 Å². The van der Waals surface area contributed by atoms with E-state index in [1.54, 1.807) is 6.20 Å². The lowest BCUT2D eigenvalue weighted by Gasteiger charge is -2.57. The molecule has 36 heavy (non-hydrogen) atoms. The highest BCUT2D eigenvalue weighted by atomic mass is 16.5. The van der Waals surface area contributed by atoms with E-state index in [0.29, 0.717) is 6.42 Å². The summed E-state index contributed by atoms with van der Waals surface area (Å²) >= 11 is 0. The Kier molecular flexibility index (Phi) is 5.24. The van der Waals surface area contributed by atoms with Crippen LogP contribution in [0.15, 0.2) is 53.3 Å². The Morgan fingerprint density at radius 2 is 2.06 bits per heavy atom. The number of carbonyl (C=O) groups is 1. The van der Waals surface area contributed by atoms with Crippen LogP contribution in [0.25, 0.3) is 0 Å². The van der Waals surface area contributed by atoms with E-state index < -0.39 is 23.4 Å². The van der Waals surface area contributed by atoms with Gasteiger partial charge in [-0.25, -0.2) is 0 Å². The fourth-order valence-corrected chi connectivity index (χ4v) is 7.97. The van der Waals surface area contributed by atoms with Crippen LogP contribution in [-0.2, 0) is 9.53 Å². The average Bonchev–Trinajstić information content (AvgIpc) is 3.36. The molecule has 2 spiro atoms. The Morgan fingerprint density at radius 3 is 2.78 bits per heavy atom. The van der Waals surface area contributed by atoms with Gasteiger partial charge in [-0.3, -0.25) is 9.78 Å². The molecule has 7 nitrogen and oxygen atoms in total. The Hall–Kier alpha value is -2.32. The van der Waals surface area contributed by atoms with Crippen LogP contribution in [0.2, 0.25) is 0 Å². The lowest BCUT2D eigenvalue weighted by atomic mass is 9.55. The van der Waals surface area contributed by atoms with Crippen LogP contribution in [0.3, 0.4) is 0 Å². The minimum absolute atomic E-state index is 0.0696. The van der Waals surface area contributed by atoms with Gasteiger partial charge in [0, 0.05) is 29.1 Å². The molecule has 8 atom stereocenters. The number of ether oxygens (including phenoxy) is 1. The van der Waals surface area contributed by atoms with Crippen LogP contribution in [0.5, 0.6) is 0 Å². The summed E-state index contributed by atoms with van der Waals surface area (Å²) in [5.74, 6) is 0.154. The Bertz CT molecular complexity index is 1220. The number of hydrogen-bond donors (Lipinski definition) is 3. The zero-order valence-electron chi connectivity index (χ0n) is 21.8. The molecular formula is C29H37N3O4. The van der Waals surface area contributed by atoms with Gasteiger partial charge in [0.2, 0.25) is 0 Å². The van der Waals surface area contributed by atoms with Crippen molar-refractivity contribution in [2.45, 2.75) is 75.9 Å². The van der Waals surface area contributed by atoms with Crippen LogP contribution in [0.1, 0.15) is 45.2 Å². The first-order chi connectivity index (χ1) is 17.0. The summed E-state index contributed by atoms with van der Waals surface area (Å²) in [6, 6.07) is 3.54. The molecule has 0 aromatic carbocycles. The van der Waals surface area contributed by atoms with Crippen LogP contribution in [0.4, 0.5) is 5.69 Å². The summed E-state index contributed by atoms with van der Waals surface area (Å²) in [4.78, 5) is 19.9. The third-order valence-electron chi connectivity index (χ3n) is 10.1. The molecule has 0 radical (unpaired) electrons. The van der Waals surface area contributed by atoms with E-state index in [1.807, 2.05) is 38.1 Å². The van der Waals surface area contributed by atoms with Crippen molar-refractivity contribution in [1.29, 1.82) is 0 Å². The zero-order chi connectivity index (χ0) is 25.6. The highest BCUT2D eigenvalue weighted by Gasteiger charge is 2.68. The largest absolute Gasteiger partial charge is 0.388 e. The number of carbonyl (C=O) groups excluding carboxylic acids is 1. The Labute approximate surface area is 212 Å². The van der Waals surface area contributed by atoms with Crippen LogP contribution < -0.4 is 5.32 Å². The lowest BCUT2D eigenvalue weighted by molar-refractivity contribution is -0.167. The number of amides is 1. The fourth-order valence-electron chi connectivity index (χ4n) is 7.97. The number of nitrogens with zero attached hydrogens (tertiary/aromatic N) is 2. The normalized spacial score (nSPS) is 42.7. The number of rotatable bonds is 3. The van der Waals surface area contributed by atoms with E-state index in [2.05, 4.69) is 42.4 Å². The minimum Gasteiger partial charge on any atom is -0.388 e. The molecule has 6 rings (SSSR count). The number of likely N-dealkylation sites (N-methyl/N-ethyl adjacent to an activating group) is 1. The molecule has 2 aliphatic heterocycles. The maximum absolute atomic E-state index is 13.6. The van der Waals surface area contributed by atoms with Gasteiger partial charge in [0.05, 0.1) is 28.7 Å². The Morgan fingerprint density at radius 1 is 1.28 bits per heavy atom. The van der Waals surface area contributed by atoms with E-state index in [0.717, 1.165) is 47.4 Å². The average molecular weight is 492 g/mol. The van der Waals surface area contributed by atoms with Gasteiger partial charge in [0.15, 0.2) is 0 Å². The summed E-state index contributed by atoms with van der Waals surface area (Å²) in [6.45, 7) is 6.29. The third-order valence-corrected chi connectivity index (χ3v) is 10.1. The molecule has 3 heterocycles. The smallest absolute Gasteiger partial charge is 0.251 e. The van der Waals surface area contributed by atoms with Gasteiger partial charge >= 0.3 is 0 Å². The summed E-state index contributed by atoms with van der Waals surface area (Å²) < 4.78 is 7.16. The standard InChI is InChI=1S/C29H37N3O4/c1-16-13-18-14-20-24(33)25(34)22(32(4)5)15-28(20)10-11-29(18,36-28)23-9-8-19(27(16,23)3)26(35)31-21-7-6-12-30-17(21)2/h6-8,12-14,16,22-25,33-34H,9-11,15H2,1-5H3,(H,31,35). The molecule has 7 heteroatoms. The van der Waals surface area contributed by atoms with E-state index in [1.165, 1.54) is 0 Å². The van der Waals surface area contributed by atoms with Crippen molar-refractivity contribution in [1.82, 2.24) is 9.88 Å². The second-order valence-electron chi connectivity index (χ2n) is 11.9. The second-order valence-corrected chi connectivity index (χ2v) is 11.9. The summed E-state index contributed by atoms with van der Waals surface area (Å²) in [6.07, 6.45) is 9.50. The highest BCUT2D eigenvalue weighted by Crippen LogP contribution is 2.67. The topological polar surface area (TPSA) is 94.9 Å². The van der Waals surface area contributed by atoms with Gasteiger partial charge in [0.25, 0.3) is 5.91 Å². The number of hydrogen-bond acceptors (Lipinski definition) is 6. The number of aryl methyl sites for hydroxylation is 1. The van der Waals surface area contributed by atoms with Gasteiger partial charge in [-0.15, -0.1) is 0 Å². The molecule has 2 fully saturated rings. The number of aliphatic hydroxyl groups excluding tert-OH is 2. The van der Waals surface area contributed by atoms with Crippen LogP contribution >= 0.6 is 0 Å². The first kappa shape index (κ1) is 24.0. The Balaban J connectivity index is 1.38. The predicted molar refractivity (Wildman–Crippen MR) is 137 cm³/mol. The molecule has 8 unspecified atom stereocenters. The van der Waals surface area contributed by atoms with Gasteiger partial charge in [-0.2, -0.15) is 0 Å². The van der Waals surface area contributed by atoms with Crippen molar-refractivity contribution in [3.8, 4) is 0 Å². The molecule has 3 aliphatic carbocycles. The molecule has 5 aliphatic rings. The van der Waals surface area contributed by atoms with Crippen molar-refractivity contribution in [2.75, 3.05) is 19.4 Å². The molecular weight excluding hydrogens is 454 g/mol. The van der Waals surface area contributed by atoms with Crippen molar-refractivity contribution in [3.05, 3.63) is 59.0 Å². The molecule has 1 saturated heterocycles. The van der Waals surface area contributed by atoms with E-state index in [4.69, 9.17) is 4.74 Å². The van der Waals surface area contributed by atoms with Gasteiger partial charge in [0.1, 0.15) is 6.10 Å². The van der Waals surface area contributed by atoms with Crippen LogP contribution in [0, 0.1) is 24.2 Å². The van der Waals surface area contributed by atoms with E-state index >= 15 is 0 Å². The van der Waals surface area contributed by atoms with Gasteiger partial charge < -0.3 is 25.2 Å². The summed E-state index contributed by atoms with van der Waals surface area (Å²) in [7, 11) is 3.89. The number of aromatic nitrogens is 1. The van der Waals surface area contributed by atoms with Crippen molar-refractivity contribution >= 4 is 11.6 Å². The van der Waals surface area contributed by atoms with E-state index in [9.17, 15) is 15.0 Å². The number of pyridine rings is 1. The van der Waals surface area contributed by atoms with Gasteiger partial charge in [-0.1, -0.05) is 32.1 Å². The van der Waals surface area contributed by atoms with E-state index in [-0.39, 0.29) is 29.2 Å². The minimum atomic E-state index is -0.947. The number of aliphatic hydroxyl groups is 2. The number of anilines is 1.